The minimum Gasteiger partial charge on any atom is -0.480 e. The third kappa shape index (κ3) is 4.45. The van der Waals surface area contributed by atoms with Gasteiger partial charge in [-0.1, -0.05) is 6.08 Å². The fourth-order valence-corrected chi connectivity index (χ4v) is 2.30. The molecule has 1 saturated heterocycles. The molecular formula is C9H16NO5P. The summed E-state index contributed by atoms with van der Waals surface area (Å²) in [4.78, 5) is 27.9. The van der Waals surface area contributed by atoms with Crippen LogP contribution in [0.3, 0.4) is 0 Å². The molecular weight excluding hydrogens is 233 g/mol. The maximum absolute atomic E-state index is 10.8. The van der Waals surface area contributed by atoms with Gasteiger partial charge in [0.2, 0.25) is 0 Å². The molecule has 1 heterocycles. The first-order valence-electron chi connectivity index (χ1n) is 5.09. The summed E-state index contributed by atoms with van der Waals surface area (Å²) in [5, 5.41) is 11.8. The van der Waals surface area contributed by atoms with Gasteiger partial charge in [0.1, 0.15) is 6.04 Å². The van der Waals surface area contributed by atoms with Crippen LogP contribution in [0.2, 0.25) is 0 Å². The number of aliphatic carboxylic acids is 1. The Bertz CT molecular complexity index is 324. The fourth-order valence-electron chi connectivity index (χ4n) is 1.88. The maximum atomic E-state index is 10.8. The molecule has 2 atom stereocenters. The van der Waals surface area contributed by atoms with Gasteiger partial charge in [-0.3, -0.25) is 9.36 Å². The molecule has 0 aromatic carbocycles. The topological polar surface area (TPSA) is 107 Å². The summed E-state index contributed by atoms with van der Waals surface area (Å²) < 4.78 is 10.5. The Hall–Kier alpha value is -0.680. The van der Waals surface area contributed by atoms with Crippen LogP contribution in [0.25, 0.3) is 0 Å². The predicted molar refractivity (Wildman–Crippen MR) is 58.0 cm³/mol. The summed E-state index contributed by atoms with van der Waals surface area (Å²) in [5.74, 6) is 0.0471. The van der Waals surface area contributed by atoms with Crippen LogP contribution in [0.15, 0.2) is 11.9 Å². The van der Waals surface area contributed by atoms with E-state index >= 15 is 0 Å². The normalized spacial score (nSPS) is 26.4. The van der Waals surface area contributed by atoms with E-state index in [4.69, 9.17) is 14.9 Å². The first-order chi connectivity index (χ1) is 7.40. The van der Waals surface area contributed by atoms with Gasteiger partial charge >= 0.3 is 13.6 Å². The summed E-state index contributed by atoms with van der Waals surface area (Å²) in [6.07, 6.45) is 3.32. The molecule has 1 aliphatic rings. The molecule has 0 aromatic rings. The highest BCUT2D eigenvalue weighted by atomic mass is 31.2. The third-order valence-electron chi connectivity index (χ3n) is 2.62. The molecule has 1 rings (SSSR count). The van der Waals surface area contributed by atoms with Gasteiger partial charge in [-0.25, -0.2) is 0 Å². The zero-order valence-electron chi connectivity index (χ0n) is 8.74. The largest absolute Gasteiger partial charge is 0.480 e. The van der Waals surface area contributed by atoms with Crippen LogP contribution in [0.4, 0.5) is 0 Å². The first-order valence-corrected chi connectivity index (χ1v) is 6.77. The number of carboxylic acids is 1. The van der Waals surface area contributed by atoms with Crippen molar-refractivity contribution in [1.29, 1.82) is 0 Å². The van der Waals surface area contributed by atoms with E-state index in [1.165, 1.54) is 6.08 Å². The van der Waals surface area contributed by atoms with Crippen molar-refractivity contribution in [3.8, 4) is 0 Å². The summed E-state index contributed by atoms with van der Waals surface area (Å²) in [6.45, 7) is 0.684. The molecule has 0 radical (unpaired) electrons. The Morgan fingerprint density at radius 3 is 2.75 bits per heavy atom. The molecule has 7 heteroatoms. The summed E-state index contributed by atoms with van der Waals surface area (Å²) >= 11 is 0. The lowest BCUT2D eigenvalue weighted by Crippen LogP contribution is -2.35. The standard InChI is InChI=1S/C9H16NO5P/c11-9(12)8-7(4-5-10-8)3-1-2-6-16(13,14)15/h2,6-8,10H,1,3-5H2,(H,11,12)(H2,13,14,15)/b6-2-. The van der Waals surface area contributed by atoms with E-state index in [1.807, 2.05) is 0 Å². The molecule has 0 spiro atoms. The molecule has 0 aliphatic carbocycles. The van der Waals surface area contributed by atoms with Crippen LogP contribution in [-0.2, 0) is 9.36 Å². The van der Waals surface area contributed by atoms with Gasteiger partial charge in [0.25, 0.3) is 0 Å². The first kappa shape index (κ1) is 13.4. The molecule has 0 amide bonds. The van der Waals surface area contributed by atoms with E-state index in [0.717, 1.165) is 12.2 Å². The van der Waals surface area contributed by atoms with E-state index in [-0.39, 0.29) is 5.92 Å². The van der Waals surface area contributed by atoms with Gasteiger partial charge in [0, 0.05) is 5.82 Å². The smallest absolute Gasteiger partial charge is 0.348 e. The second-order valence-electron chi connectivity index (χ2n) is 3.87. The number of nitrogens with one attached hydrogen (secondary N) is 1. The summed E-state index contributed by atoms with van der Waals surface area (Å²) in [7, 11) is -4.07. The van der Waals surface area contributed by atoms with Crippen LogP contribution < -0.4 is 5.32 Å². The molecule has 0 aromatic heterocycles. The summed E-state index contributed by atoms with van der Waals surface area (Å²) in [6, 6.07) is -0.525. The molecule has 2 unspecified atom stereocenters. The van der Waals surface area contributed by atoms with Crippen LogP contribution in [-0.4, -0.2) is 33.4 Å². The van der Waals surface area contributed by atoms with Gasteiger partial charge in [0.05, 0.1) is 0 Å². The summed E-state index contributed by atoms with van der Waals surface area (Å²) in [5.41, 5.74) is 0. The van der Waals surface area contributed by atoms with Crippen molar-refractivity contribution in [2.24, 2.45) is 5.92 Å². The van der Waals surface area contributed by atoms with Gasteiger partial charge in [-0.15, -0.1) is 0 Å². The predicted octanol–water partition coefficient (Wildman–Crippen LogP) is 0.521. The fraction of sp³-hybridized carbons (Fsp3) is 0.667. The van der Waals surface area contributed by atoms with E-state index in [0.29, 0.717) is 19.4 Å². The number of rotatable bonds is 5. The van der Waals surface area contributed by atoms with Gasteiger partial charge < -0.3 is 20.2 Å². The highest BCUT2D eigenvalue weighted by Crippen LogP contribution is 2.36. The van der Waals surface area contributed by atoms with E-state index in [1.54, 1.807) is 0 Å². The van der Waals surface area contributed by atoms with Gasteiger partial charge in [-0.05, 0) is 31.7 Å². The number of carbonyl (C=O) groups is 1. The van der Waals surface area contributed by atoms with Gasteiger partial charge in [-0.2, -0.15) is 0 Å². The SMILES string of the molecule is O=C(O)C1NCCC1CC/C=C\P(=O)(O)O. The Labute approximate surface area is 93.5 Å². The van der Waals surface area contributed by atoms with Crippen molar-refractivity contribution >= 4 is 13.6 Å². The molecule has 92 valence electrons. The Kier molecular flexibility index (Phi) is 4.68. The van der Waals surface area contributed by atoms with Crippen molar-refractivity contribution in [2.45, 2.75) is 25.3 Å². The van der Waals surface area contributed by atoms with Crippen molar-refractivity contribution in [2.75, 3.05) is 6.54 Å². The lowest BCUT2D eigenvalue weighted by molar-refractivity contribution is -0.140. The average Bonchev–Trinajstić information content (AvgIpc) is 2.58. The second kappa shape index (κ2) is 5.59. The van der Waals surface area contributed by atoms with E-state index in [9.17, 15) is 9.36 Å². The maximum Gasteiger partial charge on any atom is 0.348 e. The van der Waals surface area contributed by atoms with Crippen molar-refractivity contribution in [3.05, 3.63) is 11.9 Å². The lowest BCUT2D eigenvalue weighted by atomic mass is 9.95. The zero-order chi connectivity index (χ0) is 12.2. The van der Waals surface area contributed by atoms with E-state index in [2.05, 4.69) is 5.32 Å². The minimum absolute atomic E-state index is 0.0407. The van der Waals surface area contributed by atoms with Crippen LogP contribution in [0, 0.1) is 5.92 Å². The lowest BCUT2D eigenvalue weighted by Gasteiger charge is -2.13. The molecule has 6 nitrogen and oxygen atoms in total. The third-order valence-corrected chi connectivity index (χ3v) is 3.22. The van der Waals surface area contributed by atoms with Crippen LogP contribution in [0.5, 0.6) is 0 Å². The Morgan fingerprint density at radius 2 is 2.19 bits per heavy atom. The molecule has 1 aliphatic heterocycles. The minimum atomic E-state index is -4.07. The molecule has 0 bridgehead atoms. The van der Waals surface area contributed by atoms with Crippen molar-refractivity contribution in [3.63, 3.8) is 0 Å². The number of hydrogen-bond acceptors (Lipinski definition) is 3. The average molecular weight is 249 g/mol. The Balaban J connectivity index is 2.35. The van der Waals surface area contributed by atoms with Gasteiger partial charge in [0.15, 0.2) is 0 Å². The number of hydrogen-bond donors (Lipinski definition) is 4. The highest BCUT2D eigenvalue weighted by Gasteiger charge is 2.31. The second-order valence-corrected chi connectivity index (χ2v) is 5.35. The van der Waals surface area contributed by atoms with E-state index < -0.39 is 19.6 Å². The monoisotopic (exact) mass is 249 g/mol. The number of carboxylic acid groups (broad SMARTS) is 1. The number of allylic oxidation sites excluding steroid dienone is 1. The van der Waals surface area contributed by atoms with Crippen molar-refractivity contribution in [1.82, 2.24) is 5.32 Å². The molecule has 0 saturated carbocycles. The zero-order valence-corrected chi connectivity index (χ0v) is 9.64. The molecule has 1 fully saturated rings. The van der Waals surface area contributed by atoms with Crippen LogP contribution >= 0.6 is 7.60 Å². The molecule has 4 N–H and O–H groups in total. The quantitative estimate of drug-likeness (QED) is 0.529. The highest BCUT2D eigenvalue weighted by molar-refractivity contribution is 7.55. The van der Waals surface area contributed by atoms with Crippen molar-refractivity contribution < 1.29 is 24.3 Å². The molecule has 16 heavy (non-hydrogen) atoms. The van der Waals surface area contributed by atoms with Crippen LogP contribution in [0.1, 0.15) is 19.3 Å². The Morgan fingerprint density at radius 1 is 1.50 bits per heavy atom.